The highest BCUT2D eigenvalue weighted by atomic mass is 35.5. The number of hydrogen-bond donors (Lipinski definition) is 0. The fourth-order valence-electron chi connectivity index (χ4n) is 0.815. The van der Waals surface area contributed by atoms with E-state index in [9.17, 15) is 0 Å². The van der Waals surface area contributed by atoms with Crippen LogP contribution in [-0.4, -0.2) is 21.1 Å². The summed E-state index contributed by atoms with van der Waals surface area (Å²) in [5.74, 6) is 0.638. The molecule has 1 rings (SSSR count). The summed E-state index contributed by atoms with van der Waals surface area (Å²) in [6, 6.07) is 0. The SMILES string of the molecule is Cc1ncc(SC(C)CCl)nc1C. The number of nitrogens with zero attached hydrogens (tertiary/aromatic N) is 2. The van der Waals surface area contributed by atoms with Gasteiger partial charge >= 0.3 is 0 Å². The number of hydrogen-bond acceptors (Lipinski definition) is 3. The molecule has 1 aromatic rings. The zero-order chi connectivity index (χ0) is 9.84. The molecule has 0 fully saturated rings. The van der Waals surface area contributed by atoms with E-state index < -0.39 is 0 Å². The van der Waals surface area contributed by atoms with Crippen LogP contribution in [0.5, 0.6) is 0 Å². The molecule has 0 spiro atoms. The van der Waals surface area contributed by atoms with Crippen molar-refractivity contribution in [3.05, 3.63) is 17.6 Å². The summed E-state index contributed by atoms with van der Waals surface area (Å²) in [6.45, 7) is 6.01. The Labute approximate surface area is 88.1 Å². The Morgan fingerprint density at radius 1 is 1.46 bits per heavy atom. The van der Waals surface area contributed by atoms with Crippen molar-refractivity contribution < 1.29 is 0 Å². The molecule has 0 aromatic carbocycles. The van der Waals surface area contributed by atoms with E-state index in [2.05, 4.69) is 16.9 Å². The number of alkyl halides is 1. The molecule has 1 heterocycles. The van der Waals surface area contributed by atoms with Gasteiger partial charge in [-0.05, 0) is 13.8 Å². The van der Waals surface area contributed by atoms with E-state index in [-0.39, 0.29) is 0 Å². The van der Waals surface area contributed by atoms with Gasteiger partial charge in [0.1, 0.15) is 5.03 Å². The average Bonchev–Trinajstić information content (AvgIpc) is 2.11. The van der Waals surface area contributed by atoms with Crippen LogP contribution in [0.25, 0.3) is 0 Å². The predicted molar refractivity (Wildman–Crippen MR) is 57.5 cm³/mol. The predicted octanol–water partition coefficient (Wildman–Crippen LogP) is 2.81. The van der Waals surface area contributed by atoms with Crippen LogP contribution in [0.1, 0.15) is 18.3 Å². The van der Waals surface area contributed by atoms with Gasteiger partial charge in [-0.15, -0.1) is 23.4 Å². The molecule has 4 heteroatoms. The Hall–Kier alpha value is -0.280. The first kappa shape index (κ1) is 10.8. The van der Waals surface area contributed by atoms with Crippen LogP contribution in [0.4, 0.5) is 0 Å². The fraction of sp³-hybridized carbons (Fsp3) is 0.556. The maximum atomic E-state index is 5.70. The van der Waals surface area contributed by atoms with Gasteiger partial charge in [-0.2, -0.15) is 0 Å². The molecule has 72 valence electrons. The van der Waals surface area contributed by atoms with Crippen molar-refractivity contribution in [3.63, 3.8) is 0 Å². The lowest BCUT2D eigenvalue weighted by Crippen LogP contribution is -2.00. The van der Waals surface area contributed by atoms with Gasteiger partial charge in [-0.25, -0.2) is 4.98 Å². The quantitative estimate of drug-likeness (QED) is 0.574. The van der Waals surface area contributed by atoms with Crippen LogP contribution in [0.15, 0.2) is 11.2 Å². The van der Waals surface area contributed by atoms with Crippen molar-refractivity contribution in [2.75, 3.05) is 5.88 Å². The number of aromatic nitrogens is 2. The molecule has 1 atom stereocenters. The molecule has 0 radical (unpaired) electrons. The van der Waals surface area contributed by atoms with Gasteiger partial charge in [0.05, 0.1) is 17.6 Å². The summed E-state index contributed by atoms with van der Waals surface area (Å²) < 4.78 is 0. The zero-order valence-corrected chi connectivity index (χ0v) is 9.61. The third-order valence-electron chi connectivity index (χ3n) is 1.71. The van der Waals surface area contributed by atoms with Gasteiger partial charge < -0.3 is 0 Å². The van der Waals surface area contributed by atoms with Gasteiger partial charge in [-0.1, -0.05) is 6.92 Å². The lowest BCUT2D eigenvalue weighted by Gasteiger charge is -2.06. The van der Waals surface area contributed by atoms with Gasteiger partial charge in [0, 0.05) is 11.1 Å². The average molecular weight is 217 g/mol. The van der Waals surface area contributed by atoms with Crippen molar-refractivity contribution in [1.82, 2.24) is 9.97 Å². The number of rotatable bonds is 3. The summed E-state index contributed by atoms with van der Waals surface area (Å²) in [4.78, 5) is 8.64. The van der Waals surface area contributed by atoms with Crippen LogP contribution >= 0.6 is 23.4 Å². The summed E-state index contributed by atoms with van der Waals surface area (Å²) in [5, 5.41) is 1.34. The first-order chi connectivity index (χ1) is 6.13. The lowest BCUT2D eigenvalue weighted by atomic mass is 10.4. The molecule has 0 N–H and O–H groups in total. The van der Waals surface area contributed by atoms with Crippen LogP contribution < -0.4 is 0 Å². The second-order valence-electron chi connectivity index (χ2n) is 2.96. The Morgan fingerprint density at radius 2 is 2.15 bits per heavy atom. The highest BCUT2D eigenvalue weighted by Gasteiger charge is 2.05. The smallest absolute Gasteiger partial charge is 0.115 e. The van der Waals surface area contributed by atoms with E-state index in [1.54, 1.807) is 18.0 Å². The third kappa shape index (κ3) is 3.16. The minimum Gasteiger partial charge on any atom is -0.257 e. The van der Waals surface area contributed by atoms with Crippen molar-refractivity contribution in [2.45, 2.75) is 31.0 Å². The van der Waals surface area contributed by atoms with Crippen LogP contribution in [-0.2, 0) is 0 Å². The largest absolute Gasteiger partial charge is 0.257 e. The molecule has 0 saturated carbocycles. The maximum Gasteiger partial charge on any atom is 0.115 e. The molecule has 1 aromatic heterocycles. The summed E-state index contributed by atoms with van der Waals surface area (Å²) in [6.07, 6.45) is 1.80. The highest BCUT2D eigenvalue weighted by molar-refractivity contribution is 7.99. The number of halogens is 1. The molecule has 0 amide bonds. The number of thioether (sulfide) groups is 1. The van der Waals surface area contributed by atoms with Crippen LogP contribution in [0, 0.1) is 13.8 Å². The first-order valence-corrected chi connectivity index (χ1v) is 5.57. The topological polar surface area (TPSA) is 25.8 Å². The van der Waals surface area contributed by atoms with Crippen molar-refractivity contribution in [2.24, 2.45) is 0 Å². The van der Waals surface area contributed by atoms with Crippen LogP contribution in [0.3, 0.4) is 0 Å². The number of aryl methyl sites for hydroxylation is 2. The zero-order valence-electron chi connectivity index (χ0n) is 8.04. The molecule has 13 heavy (non-hydrogen) atoms. The Bertz CT molecular complexity index is 291. The molecular weight excluding hydrogens is 204 g/mol. The maximum absolute atomic E-state index is 5.70. The summed E-state index contributed by atoms with van der Waals surface area (Å²) >= 11 is 7.36. The van der Waals surface area contributed by atoms with E-state index in [0.717, 1.165) is 16.4 Å². The van der Waals surface area contributed by atoms with Crippen molar-refractivity contribution in [3.8, 4) is 0 Å². The molecular formula is C9H13ClN2S. The molecule has 0 saturated heterocycles. The second-order valence-corrected chi connectivity index (χ2v) is 4.73. The molecule has 0 aliphatic carbocycles. The van der Waals surface area contributed by atoms with E-state index in [1.165, 1.54) is 0 Å². The molecule has 0 aliphatic heterocycles. The Balaban J connectivity index is 2.73. The Morgan fingerprint density at radius 3 is 2.69 bits per heavy atom. The summed E-state index contributed by atoms with van der Waals surface area (Å²) in [5.41, 5.74) is 1.98. The van der Waals surface area contributed by atoms with E-state index in [4.69, 9.17) is 11.6 Å². The highest BCUT2D eigenvalue weighted by Crippen LogP contribution is 2.21. The van der Waals surface area contributed by atoms with Gasteiger partial charge in [-0.3, -0.25) is 4.98 Å². The molecule has 0 aliphatic rings. The van der Waals surface area contributed by atoms with Crippen molar-refractivity contribution >= 4 is 23.4 Å². The second kappa shape index (κ2) is 4.82. The van der Waals surface area contributed by atoms with E-state index in [1.807, 2.05) is 13.8 Å². The standard InChI is InChI=1S/C9H13ClN2S/c1-6(4-10)13-9-5-11-7(2)8(3)12-9/h5-6H,4H2,1-3H3. The minimum absolute atomic E-state index is 0.387. The Kier molecular flexibility index (Phi) is 4.00. The van der Waals surface area contributed by atoms with Gasteiger partial charge in [0.15, 0.2) is 0 Å². The first-order valence-electron chi connectivity index (χ1n) is 4.16. The van der Waals surface area contributed by atoms with Crippen LogP contribution in [0.2, 0.25) is 0 Å². The van der Waals surface area contributed by atoms with E-state index >= 15 is 0 Å². The lowest BCUT2D eigenvalue weighted by molar-refractivity contribution is 0.950. The third-order valence-corrected chi connectivity index (χ3v) is 3.36. The monoisotopic (exact) mass is 216 g/mol. The molecule has 2 nitrogen and oxygen atoms in total. The van der Waals surface area contributed by atoms with Gasteiger partial charge in [0.2, 0.25) is 0 Å². The molecule has 1 unspecified atom stereocenters. The fourth-order valence-corrected chi connectivity index (χ4v) is 1.78. The normalized spacial score (nSPS) is 12.9. The minimum atomic E-state index is 0.387. The van der Waals surface area contributed by atoms with E-state index in [0.29, 0.717) is 11.1 Å². The van der Waals surface area contributed by atoms with Gasteiger partial charge in [0.25, 0.3) is 0 Å². The summed E-state index contributed by atoms with van der Waals surface area (Å²) in [7, 11) is 0. The van der Waals surface area contributed by atoms with Crippen molar-refractivity contribution in [1.29, 1.82) is 0 Å². The molecule has 0 bridgehead atoms.